The van der Waals surface area contributed by atoms with Crippen molar-refractivity contribution in [3.05, 3.63) is 0 Å². The van der Waals surface area contributed by atoms with Crippen molar-refractivity contribution in [3.8, 4) is 0 Å². The van der Waals surface area contributed by atoms with Gasteiger partial charge in [0.2, 0.25) is 17.7 Å². The van der Waals surface area contributed by atoms with Crippen molar-refractivity contribution in [2.45, 2.75) is 32.7 Å². The van der Waals surface area contributed by atoms with Gasteiger partial charge in [-0.25, -0.2) is 10.0 Å². The fourth-order valence-electron chi connectivity index (χ4n) is 1.67. The van der Waals surface area contributed by atoms with Gasteiger partial charge in [-0.1, -0.05) is 0 Å². The zero-order valence-electron chi connectivity index (χ0n) is 8.90. The van der Waals surface area contributed by atoms with Crippen molar-refractivity contribution in [1.82, 2.24) is 10.0 Å². The molecule has 1 atom stereocenters. The number of hydrogen-bond acceptors (Lipinski definition) is 3. The Morgan fingerprint density at radius 3 is 2.53 bits per heavy atom. The Kier molecular flexibility index (Phi) is 3.28. The van der Waals surface area contributed by atoms with Gasteiger partial charge >= 0.3 is 0 Å². The van der Waals surface area contributed by atoms with Crippen molar-refractivity contribution in [2.75, 3.05) is 6.54 Å². The van der Waals surface area contributed by atoms with Crippen LogP contribution in [0.2, 0.25) is 0 Å². The molecular formula is C9H15N3O3. The van der Waals surface area contributed by atoms with Crippen LogP contribution in [0.1, 0.15) is 26.7 Å². The minimum Gasteiger partial charge on any atom is -0.368 e. The van der Waals surface area contributed by atoms with Gasteiger partial charge in [0.15, 0.2) is 0 Å². The highest BCUT2D eigenvalue weighted by Gasteiger charge is 2.34. The molecule has 0 aromatic carbocycles. The Balaban J connectivity index is 2.83. The van der Waals surface area contributed by atoms with Crippen LogP contribution in [-0.2, 0) is 14.4 Å². The maximum Gasteiger partial charge on any atom is 0.241 e. The average Bonchev–Trinajstić information content (AvgIpc) is 2.42. The lowest BCUT2D eigenvalue weighted by Crippen LogP contribution is -2.52. The van der Waals surface area contributed by atoms with Crippen molar-refractivity contribution in [3.63, 3.8) is 0 Å². The van der Waals surface area contributed by atoms with E-state index in [0.717, 1.165) is 5.01 Å². The first-order valence-electron chi connectivity index (χ1n) is 4.82. The molecule has 1 aliphatic rings. The summed E-state index contributed by atoms with van der Waals surface area (Å²) < 4.78 is 0. The quantitative estimate of drug-likeness (QED) is 0.669. The molecule has 0 aromatic rings. The molecular weight excluding hydrogens is 198 g/mol. The molecule has 3 amide bonds. The maximum absolute atomic E-state index is 11.5. The molecule has 1 rings (SSSR count). The molecule has 1 fully saturated rings. The molecule has 0 bridgehead atoms. The topological polar surface area (TPSA) is 83.7 Å². The number of nitrogens with zero attached hydrogens (tertiary/aromatic N) is 2. The number of nitrogens with two attached hydrogens (primary N) is 1. The van der Waals surface area contributed by atoms with Gasteiger partial charge < -0.3 is 5.73 Å². The summed E-state index contributed by atoms with van der Waals surface area (Å²) in [6, 6.07) is -0.0549. The molecule has 1 saturated heterocycles. The second-order valence-electron chi connectivity index (χ2n) is 3.67. The summed E-state index contributed by atoms with van der Waals surface area (Å²) in [6.45, 7) is 2.90. The van der Waals surface area contributed by atoms with Gasteiger partial charge in [-0.3, -0.25) is 14.4 Å². The van der Waals surface area contributed by atoms with Crippen LogP contribution in [0.25, 0.3) is 0 Å². The van der Waals surface area contributed by atoms with E-state index >= 15 is 0 Å². The van der Waals surface area contributed by atoms with Crippen LogP contribution < -0.4 is 5.73 Å². The van der Waals surface area contributed by atoms with Crippen molar-refractivity contribution >= 4 is 17.7 Å². The number of hydrazine groups is 1. The summed E-state index contributed by atoms with van der Waals surface area (Å²) >= 11 is 0. The van der Waals surface area contributed by atoms with Gasteiger partial charge in [-0.2, -0.15) is 0 Å². The van der Waals surface area contributed by atoms with Gasteiger partial charge in [0, 0.05) is 13.3 Å². The minimum absolute atomic E-state index is 0.0549. The third-order valence-corrected chi connectivity index (χ3v) is 2.38. The minimum atomic E-state index is -0.628. The highest BCUT2D eigenvalue weighted by Crippen LogP contribution is 2.20. The first-order valence-corrected chi connectivity index (χ1v) is 4.82. The fraction of sp³-hybridized carbons (Fsp3) is 0.667. The van der Waals surface area contributed by atoms with Gasteiger partial charge in [-0.15, -0.1) is 0 Å². The lowest BCUT2D eigenvalue weighted by atomic mass is 10.2. The van der Waals surface area contributed by atoms with E-state index in [4.69, 9.17) is 5.73 Å². The van der Waals surface area contributed by atoms with E-state index in [2.05, 4.69) is 0 Å². The smallest absolute Gasteiger partial charge is 0.241 e. The van der Waals surface area contributed by atoms with E-state index in [9.17, 15) is 14.4 Å². The molecule has 6 nitrogen and oxygen atoms in total. The summed E-state index contributed by atoms with van der Waals surface area (Å²) in [4.78, 5) is 33.5. The van der Waals surface area contributed by atoms with Crippen molar-refractivity contribution < 1.29 is 14.4 Å². The SMILES string of the molecule is CC(=O)N(CC(N)=O)N1C(=O)CCC1C. The molecule has 0 aromatic heterocycles. The Morgan fingerprint density at radius 1 is 1.60 bits per heavy atom. The van der Waals surface area contributed by atoms with Crippen LogP contribution in [0.5, 0.6) is 0 Å². The van der Waals surface area contributed by atoms with Gasteiger partial charge in [0.25, 0.3) is 0 Å². The molecule has 15 heavy (non-hydrogen) atoms. The standard InChI is InChI=1S/C9H15N3O3/c1-6-3-4-9(15)12(6)11(7(2)13)5-8(10)14/h6H,3-5H2,1-2H3,(H2,10,14). The molecule has 84 valence electrons. The first kappa shape index (κ1) is 11.5. The normalized spacial score (nSPS) is 20.5. The van der Waals surface area contributed by atoms with Gasteiger partial charge in [-0.05, 0) is 13.3 Å². The zero-order valence-corrected chi connectivity index (χ0v) is 8.90. The molecule has 2 N–H and O–H groups in total. The fourth-order valence-corrected chi connectivity index (χ4v) is 1.67. The third-order valence-electron chi connectivity index (χ3n) is 2.38. The summed E-state index contributed by atoms with van der Waals surface area (Å²) in [7, 11) is 0. The zero-order chi connectivity index (χ0) is 11.6. The molecule has 0 radical (unpaired) electrons. The Morgan fingerprint density at radius 2 is 2.20 bits per heavy atom. The van der Waals surface area contributed by atoms with Crippen molar-refractivity contribution in [2.24, 2.45) is 5.73 Å². The summed E-state index contributed by atoms with van der Waals surface area (Å²) in [6.07, 6.45) is 1.10. The van der Waals surface area contributed by atoms with Crippen LogP contribution in [0.3, 0.4) is 0 Å². The predicted molar refractivity (Wildman–Crippen MR) is 52.1 cm³/mol. The van der Waals surface area contributed by atoms with Crippen LogP contribution >= 0.6 is 0 Å². The lowest BCUT2D eigenvalue weighted by Gasteiger charge is -2.33. The third kappa shape index (κ3) is 2.45. The monoisotopic (exact) mass is 213 g/mol. The molecule has 0 spiro atoms. The molecule has 1 heterocycles. The Bertz CT molecular complexity index is 303. The maximum atomic E-state index is 11.5. The Labute approximate surface area is 88.0 Å². The van der Waals surface area contributed by atoms with Crippen LogP contribution in [0.15, 0.2) is 0 Å². The number of rotatable bonds is 3. The predicted octanol–water partition coefficient (Wildman–Crippen LogP) is -0.754. The Hall–Kier alpha value is -1.59. The number of carbonyl (C=O) groups is 3. The van der Waals surface area contributed by atoms with E-state index in [1.54, 1.807) is 0 Å². The number of hydrogen-bond donors (Lipinski definition) is 1. The highest BCUT2D eigenvalue weighted by atomic mass is 16.2. The second-order valence-corrected chi connectivity index (χ2v) is 3.67. The van der Waals surface area contributed by atoms with E-state index in [-0.39, 0.29) is 24.4 Å². The molecule has 1 unspecified atom stereocenters. The summed E-state index contributed by atoms with van der Waals surface area (Å²) in [5, 5.41) is 2.44. The molecule has 0 aliphatic carbocycles. The van der Waals surface area contributed by atoms with Gasteiger partial charge in [0.1, 0.15) is 6.54 Å². The van der Waals surface area contributed by atoms with Crippen molar-refractivity contribution in [1.29, 1.82) is 0 Å². The van der Waals surface area contributed by atoms with Crippen LogP contribution in [0.4, 0.5) is 0 Å². The van der Waals surface area contributed by atoms with Gasteiger partial charge in [0.05, 0.1) is 6.04 Å². The number of amides is 3. The van der Waals surface area contributed by atoms with E-state index in [0.29, 0.717) is 12.8 Å². The van der Waals surface area contributed by atoms with Crippen LogP contribution in [-0.4, -0.2) is 40.3 Å². The van der Waals surface area contributed by atoms with Crippen LogP contribution in [0, 0.1) is 0 Å². The molecule has 6 heteroatoms. The van der Waals surface area contributed by atoms with E-state index < -0.39 is 5.91 Å². The first-order chi connectivity index (χ1) is 6.93. The number of carbonyl (C=O) groups excluding carboxylic acids is 3. The average molecular weight is 213 g/mol. The molecule has 0 saturated carbocycles. The van der Waals surface area contributed by atoms with E-state index in [1.807, 2.05) is 6.92 Å². The van der Waals surface area contributed by atoms with E-state index in [1.165, 1.54) is 11.9 Å². The summed E-state index contributed by atoms with van der Waals surface area (Å²) in [5.41, 5.74) is 5.02. The lowest BCUT2D eigenvalue weighted by molar-refractivity contribution is -0.163. The highest BCUT2D eigenvalue weighted by molar-refractivity contribution is 5.86. The molecule has 1 aliphatic heterocycles. The largest absolute Gasteiger partial charge is 0.368 e. The summed E-state index contributed by atoms with van der Waals surface area (Å²) in [5.74, 6) is -1.12. The second kappa shape index (κ2) is 4.29. The number of primary amides is 1.